The van der Waals surface area contributed by atoms with Gasteiger partial charge in [0.1, 0.15) is 17.8 Å². The summed E-state index contributed by atoms with van der Waals surface area (Å²) >= 11 is 0. The molecule has 0 bridgehead atoms. The average Bonchev–Trinajstić information content (AvgIpc) is 2.67. The maximum atomic E-state index is 12.4. The minimum absolute atomic E-state index is 0.217. The van der Waals surface area contributed by atoms with E-state index in [0.717, 1.165) is 11.3 Å². The summed E-state index contributed by atoms with van der Waals surface area (Å²) in [6.45, 7) is 2.50. The molecule has 126 valence electrons. The Hall–Kier alpha value is -3.21. The molecule has 5 nitrogen and oxygen atoms in total. The van der Waals surface area contributed by atoms with Gasteiger partial charge in [-0.1, -0.05) is 48.0 Å². The molecule has 0 aliphatic heterocycles. The average molecular weight is 332 g/mol. The van der Waals surface area contributed by atoms with E-state index in [1.165, 1.54) is 11.9 Å². The van der Waals surface area contributed by atoms with Gasteiger partial charge in [-0.15, -0.1) is 0 Å². The van der Waals surface area contributed by atoms with Crippen LogP contribution < -0.4 is 10.2 Å². The van der Waals surface area contributed by atoms with Crippen LogP contribution in [0.5, 0.6) is 0 Å². The first-order chi connectivity index (χ1) is 12.1. The van der Waals surface area contributed by atoms with Crippen molar-refractivity contribution in [2.75, 3.05) is 11.9 Å². The van der Waals surface area contributed by atoms with Crippen molar-refractivity contribution in [2.24, 2.45) is 0 Å². The van der Waals surface area contributed by atoms with Crippen molar-refractivity contribution < 1.29 is 4.79 Å². The summed E-state index contributed by atoms with van der Waals surface area (Å²) < 4.78 is 0. The molecule has 0 unspecified atom stereocenters. The highest BCUT2D eigenvalue weighted by Gasteiger charge is 2.11. The monoisotopic (exact) mass is 332 g/mol. The number of carbonyl (C=O) groups excluding carboxylic acids is 1. The second kappa shape index (κ2) is 7.57. The second-order valence-corrected chi connectivity index (χ2v) is 5.82. The molecule has 2 aromatic carbocycles. The number of benzene rings is 2. The smallest absolute Gasteiger partial charge is 0.270 e. The number of anilines is 2. The molecule has 0 fully saturated rings. The summed E-state index contributed by atoms with van der Waals surface area (Å²) in [4.78, 5) is 22.6. The van der Waals surface area contributed by atoms with Gasteiger partial charge in [0.25, 0.3) is 5.91 Å². The molecule has 0 atom stereocenters. The Kier molecular flexibility index (Phi) is 5.04. The van der Waals surface area contributed by atoms with Gasteiger partial charge >= 0.3 is 0 Å². The van der Waals surface area contributed by atoms with Crippen molar-refractivity contribution in [3.05, 3.63) is 83.8 Å². The Morgan fingerprint density at radius 3 is 2.48 bits per heavy atom. The number of hydrogen-bond donors (Lipinski definition) is 1. The number of aryl methyl sites for hydroxylation is 1. The first-order valence-corrected chi connectivity index (χ1v) is 8.08. The predicted molar refractivity (Wildman–Crippen MR) is 98.9 cm³/mol. The zero-order chi connectivity index (χ0) is 17.6. The lowest BCUT2D eigenvalue weighted by Gasteiger charge is -2.18. The number of hydrogen-bond acceptors (Lipinski definition) is 4. The summed E-state index contributed by atoms with van der Waals surface area (Å²) in [5.41, 5.74) is 3.58. The standard InChI is InChI=1S/C20H20N4O/c1-15-8-10-16(11-9-15)13-21-20(25)18-12-19(23-14-22-18)24(2)17-6-4-3-5-7-17/h3-12,14H,13H2,1-2H3,(H,21,25). The fourth-order valence-corrected chi connectivity index (χ4v) is 2.42. The molecule has 1 aromatic heterocycles. The largest absolute Gasteiger partial charge is 0.347 e. The summed E-state index contributed by atoms with van der Waals surface area (Å²) in [7, 11) is 1.91. The Balaban J connectivity index is 1.70. The molecule has 3 rings (SSSR count). The minimum Gasteiger partial charge on any atom is -0.347 e. The number of para-hydroxylation sites is 1. The third kappa shape index (κ3) is 4.20. The summed E-state index contributed by atoms with van der Waals surface area (Å²) in [5, 5.41) is 2.89. The molecule has 0 aliphatic rings. The normalized spacial score (nSPS) is 10.3. The quantitative estimate of drug-likeness (QED) is 0.777. The SMILES string of the molecule is Cc1ccc(CNC(=O)c2cc(N(C)c3ccccc3)ncn2)cc1. The van der Waals surface area contributed by atoms with Crippen molar-refractivity contribution in [1.29, 1.82) is 0 Å². The van der Waals surface area contributed by atoms with Crippen molar-refractivity contribution in [2.45, 2.75) is 13.5 Å². The highest BCUT2D eigenvalue weighted by Crippen LogP contribution is 2.20. The molecule has 1 heterocycles. The van der Waals surface area contributed by atoms with Crippen molar-refractivity contribution in [3.8, 4) is 0 Å². The summed E-state index contributed by atoms with van der Waals surface area (Å²) in [6.07, 6.45) is 1.41. The first-order valence-electron chi connectivity index (χ1n) is 8.08. The van der Waals surface area contributed by atoms with Gasteiger partial charge < -0.3 is 10.2 Å². The fraction of sp³-hybridized carbons (Fsp3) is 0.150. The van der Waals surface area contributed by atoms with Crippen molar-refractivity contribution in [3.63, 3.8) is 0 Å². The van der Waals surface area contributed by atoms with E-state index >= 15 is 0 Å². The number of nitrogens with one attached hydrogen (secondary N) is 1. The van der Waals surface area contributed by atoms with Crippen LogP contribution >= 0.6 is 0 Å². The maximum Gasteiger partial charge on any atom is 0.270 e. The molecule has 0 radical (unpaired) electrons. The van der Waals surface area contributed by atoms with Crippen LogP contribution in [0.1, 0.15) is 21.6 Å². The third-order valence-electron chi connectivity index (χ3n) is 3.95. The second-order valence-electron chi connectivity index (χ2n) is 5.82. The van der Waals surface area contributed by atoms with Gasteiger partial charge in [0, 0.05) is 25.3 Å². The third-order valence-corrected chi connectivity index (χ3v) is 3.95. The van der Waals surface area contributed by atoms with E-state index in [0.29, 0.717) is 18.1 Å². The lowest BCUT2D eigenvalue weighted by atomic mass is 10.1. The van der Waals surface area contributed by atoms with Crippen LogP contribution in [-0.4, -0.2) is 22.9 Å². The fourth-order valence-electron chi connectivity index (χ4n) is 2.42. The predicted octanol–water partition coefficient (Wildman–Crippen LogP) is 3.48. The Morgan fingerprint density at radius 2 is 1.76 bits per heavy atom. The molecule has 1 amide bonds. The first kappa shape index (κ1) is 16.6. The highest BCUT2D eigenvalue weighted by molar-refractivity contribution is 5.93. The Morgan fingerprint density at radius 1 is 1.04 bits per heavy atom. The van der Waals surface area contributed by atoms with E-state index in [4.69, 9.17) is 0 Å². The van der Waals surface area contributed by atoms with Gasteiger partial charge in [-0.2, -0.15) is 0 Å². The molecule has 0 aliphatic carbocycles. The van der Waals surface area contributed by atoms with Crippen LogP contribution in [0.4, 0.5) is 11.5 Å². The van der Waals surface area contributed by atoms with Gasteiger partial charge in [-0.3, -0.25) is 4.79 Å². The van der Waals surface area contributed by atoms with Gasteiger partial charge in [0.15, 0.2) is 0 Å². The number of carbonyl (C=O) groups is 1. The molecule has 1 N–H and O–H groups in total. The van der Waals surface area contributed by atoms with Crippen LogP contribution in [0.3, 0.4) is 0 Å². The van der Waals surface area contributed by atoms with Crippen LogP contribution in [0.15, 0.2) is 67.0 Å². The van der Waals surface area contributed by atoms with E-state index in [2.05, 4.69) is 15.3 Å². The van der Waals surface area contributed by atoms with Crippen LogP contribution in [0.2, 0.25) is 0 Å². The lowest BCUT2D eigenvalue weighted by molar-refractivity contribution is 0.0946. The summed E-state index contributed by atoms with van der Waals surface area (Å²) in [5.74, 6) is 0.451. The van der Waals surface area contributed by atoms with Gasteiger partial charge in [-0.25, -0.2) is 9.97 Å². The van der Waals surface area contributed by atoms with Crippen LogP contribution in [0.25, 0.3) is 0 Å². The van der Waals surface area contributed by atoms with Gasteiger partial charge in [0.2, 0.25) is 0 Å². The zero-order valence-corrected chi connectivity index (χ0v) is 14.3. The molecule has 25 heavy (non-hydrogen) atoms. The van der Waals surface area contributed by atoms with E-state index in [1.807, 2.05) is 73.5 Å². The maximum absolute atomic E-state index is 12.4. The minimum atomic E-state index is -0.217. The van der Waals surface area contributed by atoms with E-state index in [9.17, 15) is 4.79 Å². The molecule has 0 saturated heterocycles. The Labute approximate surface area is 147 Å². The highest BCUT2D eigenvalue weighted by atomic mass is 16.1. The van der Waals surface area contributed by atoms with E-state index < -0.39 is 0 Å². The van der Waals surface area contributed by atoms with Crippen LogP contribution in [0, 0.1) is 6.92 Å². The van der Waals surface area contributed by atoms with E-state index in [1.54, 1.807) is 6.07 Å². The number of aromatic nitrogens is 2. The molecule has 3 aromatic rings. The topological polar surface area (TPSA) is 58.1 Å². The Bertz CT molecular complexity index is 847. The van der Waals surface area contributed by atoms with Crippen molar-refractivity contribution >= 4 is 17.4 Å². The number of nitrogens with zero attached hydrogens (tertiary/aromatic N) is 3. The summed E-state index contributed by atoms with van der Waals surface area (Å²) in [6, 6.07) is 19.6. The molecular weight excluding hydrogens is 312 g/mol. The molecular formula is C20H20N4O. The molecule has 0 spiro atoms. The van der Waals surface area contributed by atoms with E-state index in [-0.39, 0.29) is 5.91 Å². The molecule has 0 saturated carbocycles. The van der Waals surface area contributed by atoms with Crippen LogP contribution in [-0.2, 0) is 6.54 Å². The lowest BCUT2D eigenvalue weighted by Crippen LogP contribution is -2.24. The van der Waals surface area contributed by atoms with Gasteiger partial charge in [0.05, 0.1) is 0 Å². The number of amides is 1. The molecule has 5 heteroatoms. The zero-order valence-electron chi connectivity index (χ0n) is 14.3. The van der Waals surface area contributed by atoms with Gasteiger partial charge in [-0.05, 0) is 24.6 Å². The van der Waals surface area contributed by atoms with Crippen molar-refractivity contribution in [1.82, 2.24) is 15.3 Å². The number of rotatable bonds is 5.